The molecule has 0 bridgehead atoms. The maximum atomic E-state index is 18.6. The smallest absolute Gasteiger partial charge is 0.170 e. The zero-order valence-corrected chi connectivity index (χ0v) is 81.4. The SMILES string of the molecule is CCCCCCCCCCC(CCCCCCCC)Cc1cc(-c2sc(-c3c(F)c(F)c(-c4cc(CC(CCCCCCCC)CCCCCCCCCC)c(-c5cc(CC(CCCCCCCC)CCCCCCCCCC)c(Br)s5)s4)c4nsnc34)cc2CC(CCCCCCCC)CCCCCCCCCC)sc1Br. The molecule has 6 aromatic rings. The summed E-state index contributed by atoms with van der Waals surface area (Å²) in [5.41, 5.74) is 7.11. The Morgan fingerprint density at radius 3 is 0.646 bits per heavy atom. The third-order valence-corrected chi connectivity index (χ3v) is 32.6. The molecular formula is C102H168Br2F2N2S5. The second-order valence-electron chi connectivity index (χ2n) is 35.6. The molecule has 0 amide bonds. The highest BCUT2D eigenvalue weighted by Crippen LogP contribution is 2.52. The van der Waals surface area contributed by atoms with Gasteiger partial charge in [0, 0.05) is 29.3 Å². The highest BCUT2D eigenvalue weighted by Gasteiger charge is 2.31. The van der Waals surface area contributed by atoms with Crippen molar-refractivity contribution in [3.05, 3.63) is 65.7 Å². The number of thiophene rings is 4. The van der Waals surface area contributed by atoms with Gasteiger partial charge >= 0.3 is 0 Å². The topological polar surface area (TPSA) is 25.8 Å². The van der Waals surface area contributed by atoms with Crippen LogP contribution < -0.4 is 0 Å². The van der Waals surface area contributed by atoms with E-state index >= 15 is 8.78 Å². The third kappa shape index (κ3) is 40.0. The van der Waals surface area contributed by atoms with E-state index in [1.165, 1.54) is 460 Å². The fraction of sp³-hybridized carbons (Fsp3) is 0.784. The molecule has 113 heavy (non-hydrogen) atoms. The molecule has 644 valence electrons. The van der Waals surface area contributed by atoms with Gasteiger partial charge in [-0.05, 0) is 128 Å². The van der Waals surface area contributed by atoms with Gasteiger partial charge in [-0.2, -0.15) is 8.75 Å². The summed E-state index contributed by atoms with van der Waals surface area (Å²) in [6.07, 6.45) is 88.6. The summed E-state index contributed by atoms with van der Waals surface area (Å²) in [7, 11) is 0. The zero-order chi connectivity index (χ0) is 80.6. The van der Waals surface area contributed by atoms with E-state index in [1.54, 1.807) is 22.7 Å². The molecule has 1 aromatic carbocycles. The number of rotatable bonds is 76. The molecule has 0 saturated carbocycles. The monoisotopic (exact) mass is 1780 g/mol. The van der Waals surface area contributed by atoms with Crippen molar-refractivity contribution < 1.29 is 8.78 Å². The second-order valence-corrected chi connectivity index (χ2v) is 43.0. The first-order valence-electron chi connectivity index (χ1n) is 49.0. The Labute approximate surface area is 733 Å². The van der Waals surface area contributed by atoms with Crippen LogP contribution in [0.15, 0.2) is 31.8 Å². The minimum atomic E-state index is -0.769. The van der Waals surface area contributed by atoms with Gasteiger partial charge in [0.1, 0.15) is 11.0 Å². The summed E-state index contributed by atoms with van der Waals surface area (Å²) < 4.78 is 49.8. The first kappa shape index (κ1) is 100. The molecule has 0 N–H and O–H groups in total. The van der Waals surface area contributed by atoms with Crippen molar-refractivity contribution in [3.63, 3.8) is 0 Å². The van der Waals surface area contributed by atoms with Gasteiger partial charge in [0.15, 0.2) is 11.6 Å². The van der Waals surface area contributed by atoms with Crippen LogP contribution in [0.25, 0.3) is 51.4 Å². The summed E-state index contributed by atoms with van der Waals surface area (Å²) in [6.45, 7) is 18.6. The van der Waals surface area contributed by atoms with E-state index in [0.717, 1.165) is 47.2 Å². The lowest BCUT2D eigenvalue weighted by molar-refractivity contribution is 0.400. The van der Waals surface area contributed by atoms with Crippen LogP contribution in [0.4, 0.5) is 8.78 Å². The van der Waals surface area contributed by atoms with Crippen LogP contribution in [0.5, 0.6) is 0 Å². The van der Waals surface area contributed by atoms with Crippen LogP contribution in [0, 0.1) is 35.3 Å². The van der Waals surface area contributed by atoms with E-state index in [0.29, 0.717) is 45.8 Å². The van der Waals surface area contributed by atoms with Gasteiger partial charge in [-0.3, -0.25) is 0 Å². The van der Waals surface area contributed by atoms with Gasteiger partial charge in [0.05, 0.1) is 30.4 Å². The predicted octanol–water partition coefficient (Wildman–Crippen LogP) is 40.2. The molecular weight excluding hydrogens is 1610 g/mol. The van der Waals surface area contributed by atoms with E-state index in [-0.39, 0.29) is 0 Å². The standard InChI is InChI=1S/C102H168Br2F2N2S5/c1-9-17-25-33-41-45-53-61-67-81(65-57-49-37-29-21-13-5)73-85-77-89(109-99(85)91-79-87(101(103)111-91)75-83(69-59-51-39-31-23-15-7)71-63-55-47-43-35-27-19-11-3)93-95(105)96(106)94(98-97(93)107-113-108-98)90-78-86(74-82(66-58-50-38-30-22-14-6)68-62-54-46-42-34-26-18-10-2)100(110-90)92-80-88(102(104)112-92)76-84(70-60-52-40-32-24-16-8)72-64-56-48-44-36-28-20-12-4/h77-84H,9-76H2,1-8H3. The Bertz CT molecular complexity index is 3070. The number of halogens is 4. The summed E-state index contributed by atoms with van der Waals surface area (Å²) in [5.74, 6) is 0.840. The van der Waals surface area contributed by atoms with Gasteiger partial charge < -0.3 is 0 Å². The van der Waals surface area contributed by atoms with Gasteiger partial charge in [-0.25, -0.2) is 8.78 Å². The normalized spacial score (nSPS) is 13.1. The summed E-state index contributed by atoms with van der Waals surface area (Å²) in [5, 5.41) is 0. The van der Waals surface area contributed by atoms with E-state index in [2.05, 4.69) is 112 Å². The zero-order valence-electron chi connectivity index (χ0n) is 74.1. The van der Waals surface area contributed by atoms with Crippen LogP contribution in [-0.4, -0.2) is 8.75 Å². The minimum absolute atomic E-state index is 0.305. The Hall–Kier alpha value is -1.34. The number of aromatic nitrogens is 2. The molecule has 6 rings (SSSR count). The molecule has 0 saturated heterocycles. The highest BCUT2D eigenvalue weighted by molar-refractivity contribution is 9.11. The molecule has 11 heteroatoms. The van der Waals surface area contributed by atoms with Gasteiger partial charge in [-0.1, -0.05) is 466 Å². The molecule has 0 fully saturated rings. The fourth-order valence-electron chi connectivity index (χ4n) is 18.3. The summed E-state index contributed by atoms with van der Waals surface area (Å²) >= 11 is 16.8. The molecule has 5 heterocycles. The fourth-order valence-corrected chi connectivity index (χ4v) is 25.0. The molecule has 2 nitrogen and oxygen atoms in total. The Morgan fingerprint density at radius 2 is 0.434 bits per heavy atom. The van der Waals surface area contributed by atoms with E-state index in [1.807, 2.05) is 22.7 Å². The van der Waals surface area contributed by atoms with Gasteiger partial charge in [-0.15, -0.1) is 45.3 Å². The number of benzene rings is 1. The third-order valence-electron chi connectivity index (χ3n) is 25.4. The minimum Gasteiger partial charge on any atom is -0.203 e. The van der Waals surface area contributed by atoms with Crippen LogP contribution in [0.1, 0.15) is 489 Å². The maximum absolute atomic E-state index is 18.6. The summed E-state index contributed by atoms with van der Waals surface area (Å²) in [4.78, 5) is 6.62. The molecule has 0 aliphatic heterocycles. The number of unbranched alkanes of at least 4 members (excludes halogenated alkanes) is 48. The average Bonchev–Trinajstić information content (AvgIpc) is 1.63. The molecule has 4 atom stereocenters. The van der Waals surface area contributed by atoms with Gasteiger partial charge in [0.25, 0.3) is 0 Å². The lowest BCUT2D eigenvalue weighted by atomic mass is 9.88. The molecule has 4 unspecified atom stereocenters. The average molecular weight is 1780 g/mol. The second kappa shape index (κ2) is 64.5. The first-order chi connectivity index (χ1) is 55.5. The quantitative estimate of drug-likeness (QED) is 0.0356. The molecule has 0 spiro atoms. The summed E-state index contributed by atoms with van der Waals surface area (Å²) in [6, 6.07) is 9.68. The number of fused-ring (bicyclic) bond motifs is 1. The Morgan fingerprint density at radius 1 is 0.248 bits per heavy atom. The lowest BCUT2D eigenvalue weighted by Crippen LogP contribution is -2.06. The molecule has 0 radical (unpaired) electrons. The number of nitrogens with zero attached hydrogens (tertiary/aromatic N) is 2. The van der Waals surface area contributed by atoms with E-state index < -0.39 is 11.6 Å². The van der Waals surface area contributed by atoms with Crippen molar-refractivity contribution >= 4 is 100.0 Å². The Kier molecular flexibility index (Phi) is 57.3. The Balaban J connectivity index is 1.45. The predicted molar refractivity (Wildman–Crippen MR) is 516 cm³/mol. The van der Waals surface area contributed by atoms with Crippen molar-refractivity contribution in [2.45, 2.75) is 492 Å². The van der Waals surface area contributed by atoms with Crippen molar-refractivity contribution in [1.82, 2.24) is 8.75 Å². The molecule has 5 aromatic heterocycles. The van der Waals surface area contributed by atoms with Gasteiger partial charge in [0.2, 0.25) is 0 Å². The first-order valence-corrected chi connectivity index (χ1v) is 54.6. The number of hydrogen-bond donors (Lipinski definition) is 0. The van der Waals surface area contributed by atoms with Crippen molar-refractivity contribution in [1.29, 1.82) is 0 Å². The van der Waals surface area contributed by atoms with Crippen LogP contribution in [-0.2, 0) is 25.7 Å². The van der Waals surface area contributed by atoms with Crippen molar-refractivity contribution in [2.75, 3.05) is 0 Å². The van der Waals surface area contributed by atoms with Crippen LogP contribution in [0.2, 0.25) is 0 Å². The molecule has 0 aliphatic rings. The maximum Gasteiger partial charge on any atom is 0.170 e. The largest absolute Gasteiger partial charge is 0.203 e. The highest BCUT2D eigenvalue weighted by atomic mass is 79.9. The van der Waals surface area contributed by atoms with E-state index in [4.69, 9.17) is 8.75 Å². The number of hydrogen-bond acceptors (Lipinski definition) is 7. The van der Waals surface area contributed by atoms with Crippen molar-refractivity contribution in [2.24, 2.45) is 23.7 Å². The van der Waals surface area contributed by atoms with Crippen LogP contribution in [0.3, 0.4) is 0 Å². The molecule has 0 aliphatic carbocycles. The lowest BCUT2D eigenvalue weighted by Gasteiger charge is -2.18. The van der Waals surface area contributed by atoms with Crippen molar-refractivity contribution in [3.8, 4) is 40.4 Å². The van der Waals surface area contributed by atoms with Crippen LogP contribution >= 0.6 is 88.9 Å². The van der Waals surface area contributed by atoms with E-state index in [9.17, 15) is 0 Å².